The number of thioether (sulfide) groups is 1. The minimum Gasteiger partial charge on any atom is -0.466 e. The van der Waals surface area contributed by atoms with Crippen molar-refractivity contribution in [1.82, 2.24) is 0 Å². The lowest BCUT2D eigenvalue weighted by molar-refractivity contribution is -0.145. The van der Waals surface area contributed by atoms with E-state index in [4.69, 9.17) is 0 Å². The molecule has 1 rings (SSSR count). The van der Waals surface area contributed by atoms with E-state index in [2.05, 4.69) is 4.74 Å². The molecule has 1 heterocycles. The lowest BCUT2D eigenvalue weighted by Crippen LogP contribution is -2.18. The van der Waals surface area contributed by atoms with E-state index < -0.39 is 5.97 Å². The molecule has 0 aromatic carbocycles. The minimum atomic E-state index is -0.419. The van der Waals surface area contributed by atoms with Crippen molar-refractivity contribution in [2.45, 2.75) is 13.3 Å². The molecule has 0 spiro atoms. The molecule has 0 fully saturated rings. The normalized spacial score (nSPS) is 20.2. The average Bonchev–Trinajstić information content (AvgIpc) is 2.55. The molecule has 0 bridgehead atoms. The smallest absolute Gasteiger partial charge is 0.313 e. The lowest BCUT2D eigenvalue weighted by atomic mass is 10.0. The molecule has 72 valence electrons. The zero-order valence-corrected chi connectivity index (χ0v) is 8.30. The summed E-state index contributed by atoms with van der Waals surface area (Å²) in [5.41, 5.74) is 0. The van der Waals surface area contributed by atoms with Crippen LogP contribution in [0.25, 0.3) is 0 Å². The SMILES string of the molecule is CCOC(=O)CC(=O)C1C=CSC1. The summed E-state index contributed by atoms with van der Waals surface area (Å²) in [4.78, 5) is 22.3. The van der Waals surface area contributed by atoms with Gasteiger partial charge in [-0.3, -0.25) is 9.59 Å². The molecule has 0 aromatic rings. The van der Waals surface area contributed by atoms with E-state index in [-0.39, 0.29) is 18.1 Å². The summed E-state index contributed by atoms with van der Waals surface area (Å²) in [5, 5.41) is 1.90. The van der Waals surface area contributed by atoms with Gasteiger partial charge >= 0.3 is 5.97 Å². The van der Waals surface area contributed by atoms with Crippen LogP contribution in [0.1, 0.15) is 13.3 Å². The Kier molecular flexibility index (Phi) is 4.02. The molecule has 0 amide bonds. The topological polar surface area (TPSA) is 43.4 Å². The fourth-order valence-electron chi connectivity index (χ4n) is 1.05. The van der Waals surface area contributed by atoms with Crippen molar-refractivity contribution in [3.8, 4) is 0 Å². The second-order valence-corrected chi connectivity index (χ2v) is 3.66. The molecule has 3 nitrogen and oxygen atoms in total. The Bertz CT molecular complexity index is 235. The first-order chi connectivity index (χ1) is 6.24. The highest BCUT2D eigenvalue weighted by Gasteiger charge is 2.21. The second kappa shape index (κ2) is 5.07. The number of esters is 1. The van der Waals surface area contributed by atoms with Crippen LogP contribution in [-0.2, 0) is 14.3 Å². The van der Waals surface area contributed by atoms with Gasteiger partial charge in [0.2, 0.25) is 0 Å². The summed E-state index contributed by atoms with van der Waals surface area (Å²) < 4.78 is 4.68. The molecule has 0 saturated carbocycles. The van der Waals surface area contributed by atoms with Gasteiger partial charge in [-0.05, 0) is 12.3 Å². The standard InChI is InChI=1S/C9H12O3S/c1-2-12-9(11)5-8(10)7-3-4-13-6-7/h3-4,7H,2,5-6H2,1H3. The molecule has 1 aliphatic heterocycles. The van der Waals surface area contributed by atoms with Crippen molar-refractivity contribution >= 4 is 23.5 Å². The number of ketones is 1. The maximum Gasteiger partial charge on any atom is 0.313 e. The monoisotopic (exact) mass is 200 g/mol. The van der Waals surface area contributed by atoms with Gasteiger partial charge < -0.3 is 4.74 Å². The van der Waals surface area contributed by atoms with Crippen LogP contribution < -0.4 is 0 Å². The van der Waals surface area contributed by atoms with Gasteiger partial charge in [0, 0.05) is 11.7 Å². The van der Waals surface area contributed by atoms with Crippen molar-refractivity contribution in [1.29, 1.82) is 0 Å². The van der Waals surface area contributed by atoms with E-state index in [1.807, 2.05) is 11.5 Å². The molecule has 4 heteroatoms. The maximum atomic E-state index is 11.4. The molecule has 0 radical (unpaired) electrons. The quantitative estimate of drug-likeness (QED) is 0.508. The van der Waals surface area contributed by atoms with Crippen molar-refractivity contribution in [3.05, 3.63) is 11.5 Å². The molecular weight excluding hydrogens is 188 g/mol. The van der Waals surface area contributed by atoms with Crippen molar-refractivity contribution in [2.24, 2.45) is 5.92 Å². The Hall–Kier alpha value is -0.770. The van der Waals surface area contributed by atoms with Gasteiger partial charge in [-0.25, -0.2) is 0 Å². The van der Waals surface area contributed by atoms with Crippen molar-refractivity contribution < 1.29 is 14.3 Å². The Morgan fingerprint density at radius 2 is 2.38 bits per heavy atom. The van der Waals surface area contributed by atoms with Gasteiger partial charge in [0.25, 0.3) is 0 Å². The molecule has 1 unspecified atom stereocenters. The summed E-state index contributed by atoms with van der Waals surface area (Å²) in [6.45, 7) is 2.06. The predicted molar refractivity (Wildman–Crippen MR) is 51.3 cm³/mol. The third kappa shape index (κ3) is 3.22. The van der Waals surface area contributed by atoms with Gasteiger partial charge in [0.15, 0.2) is 5.78 Å². The van der Waals surface area contributed by atoms with Crippen LogP contribution in [0, 0.1) is 5.92 Å². The maximum absolute atomic E-state index is 11.4. The molecule has 1 atom stereocenters. The first-order valence-corrected chi connectivity index (χ1v) is 5.25. The Labute approximate surface area is 81.5 Å². The summed E-state index contributed by atoms with van der Waals surface area (Å²) in [5.74, 6) is 0.213. The highest BCUT2D eigenvalue weighted by atomic mass is 32.2. The number of ether oxygens (including phenoxy) is 1. The van der Waals surface area contributed by atoms with Crippen LogP contribution >= 0.6 is 11.8 Å². The number of carbonyl (C=O) groups excluding carboxylic acids is 2. The van der Waals surface area contributed by atoms with Crippen LogP contribution in [0.3, 0.4) is 0 Å². The fourth-order valence-corrected chi connectivity index (χ4v) is 1.97. The van der Waals surface area contributed by atoms with E-state index in [0.29, 0.717) is 6.61 Å². The van der Waals surface area contributed by atoms with E-state index in [1.165, 1.54) is 0 Å². The third-order valence-corrected chi connectivity index (χ3v) is 2.62. The Morgan fingerprint density at radius 1 is 1.62 bits per heavy atom. The van der Waals surface area contributed by atoms with Gasteiger partial charge in [-0.15, -0.1) is 11.8 Å². The van der Waals surface area contributed by atoms with E-state index in [1.54, 1.807) is 18.7 Å². The Balaban J connectivity index is 2.32. The van der Waals surface area contributed by atoms with E-state index >= 15 is 0 Å². The number of allylic oxidation sites excluding steroid dienone is 1. The second-order valence-electron chi connectivity index (χ2n) is 2.72. The molecule has 0 aliphatic carbocycles. The van der Waals surface area contributed by atoms with Gasteiger partial charge in [-0.2, -0.15) is 0 Å². The van der Waals surface area contributed by atoms with Gasteiger partial charge in [0.1, 0.15) is 6.42 Å². The molecule has 0 saturated heterocycles. The summed E-state index contributed by atoms with van der Waals surface area (Å²) in [6.07, 6.45) is 1.75. The van der Waals surface area contributed by atoms with Crippen LogP contribution in [0.4, 0.5) is 0 Å². The average molecular weight is 200 g/mol. The zero-order valence-electron chi connectivity index (χ0n) is 7.49. The van der Waals surface area contributed by atoms with Crippen LogP contribution in [0.15, 0.2) is 11.5 Å². The molecular formula is C9H12O3S. The van der Waals surface area contributed by atoms with Crippen molar-refractivity contribution in [2.75, 3.05) is 12.4 Å². The van der Waals surface area contributed by atoms with Crippen molar-refractivity contribution in [3.63, 3.8) is 0 Å². The minimum absolute atomic E-state index is 0.0419. The van der Waals surface area contributed by atoms with E-state index in [0.717, 1.165) is 5.75 Å². The largest absolute Gasteiger partial charge is 0.466 e. The number of hydrogen-bond donors (Lipinski definition) is 0. The first kappa shape index (κ1) is 10.3. The summed E-state index contributed by atoms with van der Waals surface area (Å²) in [6, 6.07) is 0. The predicted octanol–water partition coefficient (Wildman–Crippen LogP) is 1.39. The summed E-state index contributed by atoms with van der Waals surface area (Å²) >= 11 is 1.60. The van der Waals surface area contributed by atoms with Crippen LogP contribution in [0.5, 0.6) is 0 Å². The van der Waals surface area contributed by atoms with E-state index in [9.17, 15) is 9.59 Å². The molecule has 1 aliphatic rings. The van der Waals surface area contributed by atoms with Crippen LogP contribution in [-0.4, -0.2) is 24.1 Å². The number of carbonyl (C=O) groups is 2. The molecule has 0 aromatic heterocycles. The van der Waals surface area contributed by atoms with Crippen LogP contribution in [0.2, 0.25) is 0 Å². The lowest BCUT2D eigenvalue weighted by Gasteiger charge is -2.04. The zero-order chi connectivity index (χ0) is 9.68. The number of Topliss-reactive ketones (excluding diaryl/α,β-unsaturated/α-hetero) is 1. The van der Waals surface area contributed by atoms with Gasteiger partial charge in [0.05, 0.1) is 6.61 Å². The summed E-state index contributed by atoms with van der Waals surface area (Å²) in [7, 11) is 0. The molecule has 13 heavy (non-hydrogen) atoms. The van der Waals surface area contributed by atoms with Gasteiger partial charge in [-0.1, -0.05) is 6.08 Å². The highest BCUT2D eigenvalue weighted by Crippen LogP contribution is 2.21. The number of hydrogen-bond acceptors (Lipinski definition) is 4. The fraction of sp³-hybridized carbons (Fsp3) is 0.556. The first-order valence-electron chi connectivity index (χ1n) is 4.20. The Morgan fingerprint density at radius 3 is 2.92 bits per heavy atom. The third-order valence-electron chi connectivity index (χ3n) is 1.72. The number of rotatable bonds is 4. The molecule has 0 N–H and O–H groups in total. The highest BCUT2D eigenvalue weighted by molar-refractivity contribution is 8.02.